The Morgan fingerprint density at radius 2 is 1.57 bits per heavy atom. The van der Waals surface area contributed by atoms with Gasteiger partial charge < -0.3 is 4.74 Å². The third-order valence-corrected chi connectivity index (χ3v) is 3.40. The van der Waals surface area contributed by atoms with Crippen LogP contribution in [0.25, 0.3) is 22.4 Å². The minimum atomic E-state index is -0.504. The lowest BCUT2D eigenvalue weighted by Crippen LogP contribution is -2.09. The first-order valence-electron chi connectivity index (χ1n) is 7.44. The van der Waals surface area contributed by atoms with Gasteiger partial charge in [-0.05, 0) is 24.1 Å². The zero-order valence-corrected chi connectivity index (χ0v) is 12.8. The highest BCUT2D eigenvalue weighted by Gasteiger charge is 2.11. The minimum Gasteiger partial charge on any atom is -0.460 e. The van der Waals surface area contributed by atoms with Crippen molar-refractivity contribution in [1.82, 2.24) is 9.97 Å². The Morgan fingerprint density at radius 1 is 0.913 bits per heavy atom. The summed E-state index contributed by atoms with van der Waals surface area (Å²) in [7, 11) is 0. The maximum atomic E-state index is 11.7. The second-order valence-electron chi connectivity index (χ2n) is 4.93. The van der Waals surface area contributed by atoms with Gasteiger partial charge in [0.05, 0.1) is 12.3 Å². The van der Waals surface area contributed by atoms with Crippen LogP contribution in [0.15, 0.2) is 66.9 Å². The molecule has 0 fully saturated rings. The van der Waals surface area contributed by atoms with Crippen LogP contribution in [-0.2, 0) is 4.74 Å². The first kappa shape index (κ1) is 14.9. The van der Waals surface area contributed by atoms with E-state index in [-0.39, 0.29) is 5.82 Å². The third kappa shape index (κ3) is 3.43. The molecular formula is C19H16N2O2. The largest absolute Gasteiger partial charge is 0.460 e. The summed E-state index contributed by atoms with van der Waals surface area (Å²) in [5.74, 6) is -0.424. The molecule has 0 radical (unpaired) electrons. The summed E-state index contributed by atoms with van der Waals surface area (Å²) in [6.45, 7) is 2.06. The van der Waals surface area contributed by atoms with Crippen molar-refractivity contribution in [2.24, 2.45) is 0 Å². The van der Waals surface area contributed by atoms with Crippen LogP contribution in [0, 0.1) is 0 Å². The quantitative estimate of drug-likeness (QED) is 0.684. The standard InChI is InChI=1S/C19H16N2O2/c1-2-23-19(22)18-20-13-12-17(21-18)16-10-8-15(9-11-16)14-6-4-3-5-7-14/h3-13H,2H2,1H3. The van der Waals surface area contributed by atoms with Gasteiger partial charge in [0, 0.05) is 11.8 Å². The number of ether oxygens (including phenoxy) is 1. The lowest BCUT2D eigenvalue weighted by atomic mass is 10.0. The summed E-state index contributed by atoms with van der Waals surface area (Å²) in [6.07, 6.45) is 1.57. The smallest absolute Gasteiger partial charge is 0.376 e. The molecule has 4 heteroatoms. The van der Waals surface area contributed by atoms with Gasteiger partial charge in [-0.2, -0.15) is 0 Å². The highest BCUT2D eigenvalue weighted by atomic mass is 16.5. The van der Waals surface area contributed by atoms with Crippen LogP contribution < -0.4 is 0 Å². The molecule has 3 rings (SSSR count). The lowest BCUT2D eigenvalue weighted by Gasteiger charge is -2.06. The molecule has 0 aliphatic carbocycles. The molecule has 0 aliphatic rings. The van der Waals surface area contributed by atoms with E-state index in [4.69, 9.17) is 4.74 Å². The average Bonchev–Trinajstić information content (AvgIpc) is 2.63. The molecule has 23 heavy (non-hydrogen) atoms. The Morgan fingerprint density at radius 3 is 2.26 bits per heavy atom. The van der Waals surface area contributed by atoms with Crippen molar-refractivity contribution in [1.29, 1.82) is 0 Å². The third-order valence-electron chi connectivity index (χ3n) is 3.40. The maximum Gasteiger partial charge on any atom is 0.376 e. The van der Waals surface area contributed by atoms with E-state index < -0.39 is 5.97 Å². The van der Waals surface area contributed by atoms with Gasteiger partial charge in [0.15, 0.2) is 0 Å². The Bertz CT molecular complexity index is 799. The number of esters is 1. The molecule has 1 aromatic heterocycles. The zero-order valence-electron chi connectivity index (χ0n) is 12.8. The fourth-order valence-corrected chi connectivity index (χ4v) is 2.28. The van der Waals surface area contributed by atoms with Gasteiger partial charge in [0.25, 0.3) is 0 Å². The number of carbonyl (C=O) groups excluding carboxylic acids is 1. The number of hydrogen-bond donors (Lipinski definition) is 0. The van der Waals surface area contributed by atoms with E-state index in [2.05, 4.69) is 22.1 Å². The highest BCUT2D eigenvalue weighted by molar-refractivity contribution is 5.85. The first-order chi connectivity index (χ1) is 11.3. The molecule has 0 bridgehead atoms. The van der Waals surface area contributed by atoms with Gasteiger partial charge in [-0.25, -0.2) is 14.8 Å². The van der Waals surface area contributed by atoms with Crippen LogP contribution in [0.1, 0.15) is 17.5 Å². The van der Waals surface area contributed by atoms with E-state index in [1.807, 2.05) is 42.5 Å². The topological polar surface area (TPSA) is 52.1 Å². The van der Waals surface area contributed by atoms with E-state index in [1.165, 1.54) is 0 Å². The molecule has 0 saturated heterocycles. The number of carbonyl (C=O) groups is 1. The molecule has 0 unspecified atom stereocenters. The van der Waals surface area contributed by atoms with Gasteiger partial charge in [-0.15, -0.1) is 0 Å². The van der Waals surface area contributed by atoms with Crippen molar-refractivity contribution >= 4 is 5.97 Å². The van der Waals surface area contributed by atoms with E-state index >= 15 is 0 Å². The molecule has 0 saturated carbocycles. The number of hydrogen-bond acceptors (Lipinski definition) is 4. The van der Waals surface area contributed by atoms with Gasteiger partial charge in [0.2, 0.25) is 5.82 Å². The predicted molar refractivity (Wildman–Crippen MR) is 88.9 cm³/mol. The van der Waals surface area contributed by atoms with Crippen molar-refractivity contribution in [3.63, 3.8) is 0 Å². The summed E-state index contributed by atoms with van der Waals surface area (Å²) < 4.78 is 4.93. The van der Waals surface area contributed by atoms with Gasteiger partial charge in [-0.3, -0.25) is 0 Å². The minimum absolute atomic E-state index is 0.0801. The SMILES string of the molecule is CCOC(=O)c1nccc(-c2ccc(-c3ccccc3)cc2)n1. The summed E-state index contributed by atoms with van der Waals surface area (Å²) in [6, 6.07) is 20.0. The van der Waals surface area contributed by atoms with Crippen molar-refractivity contribution in [3.8, 4) is 22.4 Å². The van der Waals surface area contributed by atoms with Crippen LogP contribution in [0.4, 0.5) is 0 Å². The van der Waals surface area contributed by atoms with Crippen molar-refractivity contribution in [2.75, 3.05) is 6.61 Å². The maximum absolute atomic E-state index is 11.7. The number of nitrogens with zero attached hydrogens (tertiary/aromatic N) is 2. The fourth-order valence-electron chi connectivity index (χ4n) is 2.28. The predicted octanol–water partition coefficient (Wildman–Crippen LogP) is 3.99. The molecule has 4 nitrogen and oxygen atoms in total. The van der Waals surface area contributed by atoms with Gasteiger partial charge >= 0.3 is 5.97 Å². The molecule has 0 N–H and O–H groups in total. The molecule has 3 aromatic rings. The summed E-state index contributed by atoms with van der Waals surface area (Å²) in [4.78, 5) is 20.0. The summed E-state index contributed by atoms with van der Waals surface area (Å²) >= 11 is 0. The second kappa shape index (κ2) is 6.83. The molecule has 0 aliphatic heterocycles. The molecule has 2 aromatic carbocycles. The number of aromatic nitrogens is 2. The summed E-state index contributed by atoms with van der Waals surface area (Å²) in [5.41, 5.74) is 3.92. The molecular weight excluding hydrogens is 288 g/mol. The normalized spacial score (nSPS) is 10.3. The molecule has 114 valence electrons. The average molecular weight is 304 g/mol. The van der Waals surface area contributed by atoms with E-state index in [9.17, 15) is 4.79 Å². The Hall–Kier alpha value is -3.01. The molecule has 1 heterocycles. The van der Waals surface area contributed by atoms with Crippen LogP contribution in [0.2, 0.25) is 0 Å². The van der Waals surface area contributed by atoms with Crippen LogP contribution in [0.5, 0.6) is 0 Å². The molecule has 0 atom stereocenters. The van der Waals surface area contributed by atoms with Crippen molar-refractivity contribution < 1.29 is 9.53 Å². The molecule has 0 spiro atoms. The lowest BCUT2D eigenvalue weighted by molar-refractivity contribution is 0.0512. The van der Waals surface area contributed by atoms with E-state index in [0.717, 1.165) is 16.7 Å². The fraction of sp³-hybridized carbons (Fsp3) is 0.105. The zero-order chi connectivity index (χ0) is 16.1. The van der Waals surface area contributed by atoms with Crippen LogP contribution in [0.3, 0.4) is 0 Å². The van der Waals surface area contributed by atoms with Crippen LogP contribution in [-0.4, -0.2) is 22.5 Å². The van der Waals surface area contributed by atoms with E-state index in [1.54, 1.807) is 19.2 Å². The Kier molecular flexibility index (Phi) is 4.43. The number of benzene rings is 2. The van der Waals surface area contributed by atoms with Gasteiger partial charge in [0.1, 0.15) is 0 Å². The van der Waals surface area contributed by atoms with Gasteiger partial charge in [-0.1, -0.05) is 54.6 Å². The first-order valence-corrected chi connectivity index (χ1v) is 7.44. The summed E-state index contributed by atoms with van der Waals surface area (Å²) in [5, 5.41) is 0. The van der Waals surface area contributed by atoms with Crippen LogP contribution >= 0.6 is 0 Å². The van der Waals surface area contributed by atoms with Crippen molar-refractivity contribution in [3.05, 3.63) is 72.7 Å². The Balaban J connectivity index is 1.88. The van der Waals surface area contributed by atoms with E-state index in [0.29, 0.717) is 12.3 Å². The Labute approximate surface area is 134 Å². The number of rotatable bonds is 4. The molecule has 0 amide bonds. The monoisotopic (exact) mass is 304 g/mol. The van der Waals surface area contributed by atoms with Crippen molar-refractivity contribution in [2.45, 2.75) is 6.92 Å². The highest BCUT2D eigenvalue weighted by Crippen LogP contribution is 2.23. The second-order valence-corrected chi connectivity index (χ2v) is 4.93.